The Kier molecular flexibility index (Phi) is 10.0. The summed E-state index contributed by atoms with van der Waals surface area (Å²) < 4.78 is 10.5. The zero-order valence-electron chi connectivity index (χ0n) is 19.3. The Morgan fingerprint density at radius 2 is 1.88 bits per heavy atom. The van der Waals surface area contributed by atoms with Crippen molar-refractivity contribution in [3.63, 3.8) is 0 Å². The number of methoxy groups -OCH3 is 1. The Labute approximate surface area is 196 Å². The van der Waals surface area contributed by atoms with Gasteiger partial charge in [0, 0.05) is 36.1 Å². The lowest BCUT2D eigenvalue weighted by molar-refractivity contribution is -0.135. The molecule has 6 heteroatoms. The van der Waals surface area contributed by atoms with Gasteiger partial charge >= 0.3 is 5.97 Å². The normalized spacial score (nSPS) is 14.3. The molecule has 1 aliphatic carbocycles. The molecular formula is C26H33NO4S. The molecule has 0 N–H and O–H groups in total. The smallest absolute Gasteiger partial charge is 0.330 e. The number of ether oxygens (including phenoxy) is 2. The minimum absolute atomic E-state index is 0.0585. The van der Waals surface area contributed by atoms with E-state index < -0.39 is 5.97 Å². The molecule has 2 rings (SSSR count). The highest BCUT2D eigenvalue weighted by atomic mass is 32.1. The van der Waals surface area contributed by atoms with Gasteiger partial charge in [0.2, 0.25) is 5.91 Å². The number of carbonyl (C=O) groups excluding carboxylic acids is 2. The quantitative estimate of drug-likeness (QED) is 0.240. The molecule has 5 nitrogen and oxygen atoms in total. The van der Waals surface area contributed by atoms with E-state index in [1.54, 1.807) is 11.0 Å². The van der Waals surface area contributed by atoms with E-state index in [9.17, 15) is 9.59 Å². The molecule has 0 radical (unpaired) electrons. The largest absolute Gasteiger partial charge is 0.466 e. The fraction of sp³-hybridized carbons (Fsp3) is 0.385. The number of hydrogen-bond acceptors (Lipinski definition) is 5. The first kappa shape index (κ1) is 25.7. The molecule has 0 spiro atoms. The van der Waals surface area contributed by atoms with Gasteiger partial charge in [-0.3, -0.25) is 4.79 Å². The molecule has 1 aromatic rings. The zero-order valence-corrected chi connectivity index (χ0v) is 20.2. The van der Waals surface area contributed by atoms with Gasteiger partial charge in [0.05, 0.1) is 20.3 Å². The van der Waals surface area contributed by atoms with Crippen LogP contribution in [0.1, 0.15) is 39.2 Å². The van der Waals surface area contributed by atoms with Crippen LogP contribution >= 0.6 is 12.6 Å². The topological polar surface area (TPSA) is 55.8 Å². The van der Waals surface area contributed by atoms with E-state index in [4.69, 9.17) is 4.74 Å². The monoisotopic (exact) mass is 455 g/mol. The average Bonchev–Trinajstić information content (AvgIpc) is 2.93. The first-order valence-corrected chi connectivity index (χ1v) is 11.1. The highest BCUT2D eigenvalue weighted by Crippen LogP contribution is 2.26. The van der Waals surface area contributed by atoms with Crippen LogP contribution in [0, 0.1) is 5.41 Å². The Balaban J connectivity index is 2.12. The Bertz CT molecular complexity index is 908. The highest BCUT2D eigenvalue weighted by Gasteiger charge is 2.23. The lowest BCUT2D eigenvalue weighted by Gasteiger charge is -2.28. The minimum atomic E-state index is -0.429. The molecule has 0 aromatic heterocycles. The number of allylic oxidation sites excluding steroid dienone is 5. The van der Waals surface area contributed by atoms with Gasteiger partial charge in [0.15, 0.2) is 0 Å². The Morgan fingerprint density at radius 3 is 2.53 bits per heavy atom. The van der Waals surface area contributed by atoms with Gasteiger partial charge in [-0.1, -0.05) is 57.2 Å². The first-order chi connectivity index (χ1) is 15.2. The number of rotatable bonds is 9. The SMILES string of the molecule is COC(=O)/C=C/C1=CCC(N(CCOCc2ccccc2)C(=O)CC(C)(C)C)=CC=C1S. The second-order valence-corrected chi connectivity index (χ2v) is 9.23. The number of hydrogen-bond donors (Lipinski definition) is 1. The summed E-state index contributed by atoms with van der Waals surface area (Å²) in [7, 11) is 1.34. The summed E-state index contributed by atoms with van der Waals surface area (Å²) in [4.78, 5) is 27.1. The molecule has 0 aliphatic heterocycles. The molecule has 0 saturated heterocycles. The maximum Gasteiger partial charge on any atom is 0.330 e. The van der Waals surface area contributed by atoms with Crippen LogP contribution in [0.25, 0.3) is 0 Å². The van der Waals surface area contributed by atoms with E-state index >= 15 is 0 Å². The van der Waals surface area contributed by atoms with E-state index in [2.05, 4.69) is 38.1 Å². The number of nitrogens with zero attached hydrogens (tertiary/aromatic N) is 1. The van der Waals surface area contributed by atoms with Crippen molar-refractivity contribution >= 4 is 24.5 Å². The van der Waals surface area contributed by atoms with E-state index in [1.165, 1.54) is 13.2 Å². The first-order valence-electron chi connectivity index (χ1n) is 10.7. The molecule has 1 aromatic carbocycles. The van der Waals surface area contributed by atoms with E-state index in [1.807, 2.05) is 48.6 Å². The van der Waals surface area contributed by atoms with Crippen LogP contribution in [-0.2, 0) is 25.7 Å². The van der Waals surface area contributed by atoms with Gasteiger partial charge in [-0.05, 0) is 34.8 Å². The lowest BCUT2D eigenvalue weighted by Crippen LogP contribution is -2.35. The van der Waals surface area contributed by atoms with Crippen LogP contribution < -0.4 is 0 Å². The molecular weight excluding hydrogens is 422 g/mol. The van der Waals surface area contributed by atoms with Gasteiger partial charge in [0.25, 0.3) is 0 Å². The highest BCUT2D eigenvalue weighted by molar-refractivity contribution is 7.84. The minimum Gasteiger partial charge on any atom is -0.466 e. The summed E-state index contributed by atoms with van der Waals surface area (Å²) in [5.74, 6) is -0.370. The summed E-state index contributed by atoms with van der Waals surface area (Å²) in [6.45, 7) is 7.56. The van der Waals surface area contributed by atoms with Crippen molar-refractivity contribution < 1.29 is 19.1 Å². The van der Waals surface area contributed by atoms with Gasteiger partial charge in [0.1, 0.15) is 0 Å². The Morgan fingerprint density at radius 1 is 1.16 bits per heavy atom. The number of benzene rings is 1. The fourth-order valence-electron chi connectivity index (χ4n) is 3.14. The van der Waals surface area contributed by atoms with Gasteiger partial charge in [-0.15, -0.1) is 12.6 Å². The number of thiol groups is 1. The summed E-state index contributed by atoms with van der Waals surface area (Å²) in [6, 6.07) is 9.97. The van der Waals surface area contributed by atoms with Crippen LogP contribution in [0.4, 0.5) is 0 Å². The van der Waals surface area contributed by atoms with Crippen LogP contribution in [0.5, 0.6) is 0 Å². The van der Waals surface area contributed by atoms with Crippen molar-refractivity contribution in [2.45, 2.75) is 40.2 Å². The number of amides is 1. The van der Waals surface area contributed by atoms with Crippen molar-refractivity contribution in [2.75, 3.05) is 20.3 Å². The Hall–Kier alpha value is -2.57. The second kappa shape index (κ2) is 12.5. The van der Waals surface area contributed by atoms with Gasteiger partial charge in [-0.25, -0.2) is 4.79 Å². The second-order valence-electron chi connectivity index (χ2n) is 8.75. The van der Waals surface area contributed by atoms with E-state index in [0.717, 1.165) is 16.8 Å². The van der Waals surface area contributed by atoms with Gasteiger partial charge < -0.3 is 14.4 Å². The van der Waals surface area contributed by atoms with E-state index in [-0.39, 0.29) is 11.3 Å². The standard InChI is InChI=1S/C26H33NO4S/c1-26(2,3)18-24(28)27(16-17-31-19-20-8-6-5-7-9-20)22-12-10-21(23(32)14-13-22)11-15-25(29)30-4/h5-11,13-15,32H,12,16-19H2,1-4H3/b15-11+. The third-order valence-electron chi connectivity index (χ3n) is 4.76. The molecule has 0 saturated carbocycles. The van der Waals surface area contributed by atoms with Crippen LogP contribution in [0.15, 0.2) is 76.9 Å². The third kappa shape index (κ3) is 8.89. The molecule has 172 valence electrons. The van der Waals surface area contributed by atoms with Crippen molar-refractivity contribution in [3.05, 3.63) is 82.5 Å². The fourth-order valence-corrected chi connectivity index (χ4v) is 3.38. The molecule has 0 fully saturated rings. The van der Waals surface area contributed by atoms with Crippen LogP contribution in [0.2, 0.25) is 0 Å². The molecule has 0 atom stereocenters. The van der Waals surface area contributed by atoms with Gasteiger partial charge in [-0.2, -0.15) is 0 Å². The maximum atomic E-state index is 13.1. The lowest BCUT2D eigenvalue weighted by atomic mass is 9.91. The predicted molar refractivity (Wildman–Crippen MR) is 131 cm³/mol. The molecule has 0 unspecified atom stereocenters. The van der Waals surface area contributed by atoms with Crippen LogP contribution in [0.3, 0.4) is 0 Å². The number of carbonyl (C=O) groups is 2. The maximum absolute atomic E-state index is 13.1. The van der Waals surface area contributed by atoms with Crippen molar-refractivity contribution in [1.29, 1.82) is 0 Å². The van der Waals surface area contributed by atoms with Crippen molar-refractivity contribution in [1.82, 2.24) is 4.90 Å². The molecule has 1 amide bonds. The summed E-state index contributed by atoms with van der Waals surface area (Å²) in [5, 5.41) is 0. The zero-order chi connectivity index (χ0) is 23.6. The van der Waals surface area contributed by atoms with Crippen molar-refractivity contribution in [2.24, 2.45) is 5.41 Å². The molecule has 0 heterocycles. The predicted octanol–water partition coefficient (Wildman–Crippen LogP) is 5.22. The third-order valence-corrected chi connectivity index (χ3v) is 5.17. The summed E-state index contributed by atoms with van der Waals surface area (Å²) in [6.07, 6.45) is 9.72. The van der Waals surface area contributed by atoms with Crippen LogP contribution in [-0.4, -0.2) is 37.0 Å². The summed E-state index contributed by atoms with van der Waals surface area (Å²) in [5.41, 5.74) is 2.64. The van der Waals surface area contributed by atoms with Crippen molar-refractivity contribution in [3.8, 4) is 0 Å². The number of esters is 1. The average molecular weight is 456 g/mol. The van der Waals surface area contributed by atoms with E-state index in [0.29, 0.717) is 37.5 Å². The molecule has 1 aliphatic rings. The molecule has 32 heavy (non-hydrogen) atoms. The molecule has 0 bridgehead atoms. The summed E-state index contributed by atoms with van der Waals surface area (Å²) >= 11 is 4.53.